The molecular formula is C27H42NOP. The summed E-state index contributed by atoms with van der Waals surface area (Å²) in [5, 5.41) is -0.278. The molecule has 0 radical (unpaired) electrons. The van der Waals surface area contributed by atoms with Crippen LogP contribution in [0.25, 0.3) is 0 Å². The van der Waals surface area contributed by atoms with Gasteiger partial charge in [-0.1, -0.05) is 6.07 Å². The zero-order valence-electron chi connectivity index (χ0n) is 20.2. The molecule has 2 nitrogen and oxygen atoms in total. The summed E-state index contributed by atoms with van der Waals surface area (Å²) in [5.74, 6) is 0. The molecule has 0 fully saturated rings. The molecule has 2 aliphatic rings. The van der Waals surface area contributed by atoms with E-state index in [0.717, 1.165) is 0 Å². The van der Waals surface area contributed by atoms with Crippen molar-refractivity contribution in [3.8, 4) is 0 Å². The summed E-state index contributed by atoms with van der Waals surface area (Å²) < 4.78 is 6.88. The van der Waals surface area contributed by atoms with E-state index in [0.29, 0.717) is 22.6 Å². The maximum atomic E-state index is 6.88. The molecule has 0 aromatic carbocycles. The first kappa shape index (κ1) is 24.8. The van der Waals surface area contributed by atoms with Crippen molar-refractivity contribution < 1.29 is 4.74 Å². The van der Waals surface area contributed by atoms with E-state index in [1.54, 1.807) is 12.4 Å². The first-order valence-corrected chi connectivity index (χ1v) is 13.9. The number of aromatic nitrogens is 1. The summed E-state index contributed by atoms with van der Waals surface area (Å²) in [7, 11) is 0. The van der Waals surface area contributed by atoms with Crippen LogP contribution in [0.3, 0.4) is 0 Å². The largest absolute Gasteiger partial charge is 0.265 e. The average molecular weight is 428 g/mol. The minimum atomic E-state index is -2.51. The van der Waals surface area contributed by atoms with Gasteiger partial charge in [0, 0.05) is 12.4 Å². The molecule has 0 bridgehead atoms. The second-order valence-electron chi connectivity index (χ2n) is 9.61. The van der Waals surface area contributed by atoms with Crippen LogP contribution in [0.1, 0.15) is 55.4 Å². The molecule has 0 unspecified atom stereocenters. The fraction of sp³-hybridized carbons (Fsp3) is 0.519. The second kappa shape index (κ2) is 9.75. The third-order valence-corrected chi connectivity index (χ3v) is 18.0. The van der Waals surface area contributed by atoms with Gasteiger partial charge in [-0.15, -0.1) is 0 Å². The molecule has 2 aliphatic carbocycles. The molecular weight excluding hydrogens is 385 g/mol. The van der Waals surface area contributed by atoms with Crippen LogP contribution in [0.2, 0.25) is 0 Å². The van der Waals surface area contributed by atoms with Crippen molar-refractivity contribution in [1.82, 2.24) is 4.98 Å². The van der Waals surface area contributed by atoms with Gasteiger partial charge in [0.1, 0.15) is 0 Å². The van der Waals surface area contributed by atoms with Crippen LogP contribution < -0.4 is 0 Å². The van der Waals surface area contributed by atoms with Gasteiger partial charge in [0.05, 0.1) is 0 Å². The first-order valence-electron chi connectivity index (χ1n) is 11.4. The van der Waals surface area contributed by atoms with Crippen molar-refractivity contribution >= 4 is 6.60 Å². The van der Waals surface area contributed by atoms with Gasteiger partial charge < -0.3 is 0 Å². The topological polar surface area (TPSA) is 22.1 Å². The number of hydrogen-bond donors (Lipinski definition) is 0. The smallest absolute Gasteiger partial charge is 0.0267 e. The Morgan fingerprint density at radius 2 is 1.17 bits per heavy atom. The quantitative estimate of drug-likeness (QED) is 0.418. The summed E-state index contributed by atoms with van der Waals surface area (Å²) in [6.45, 7) is 16.5. The predicted octanol–water partition coefficient (Wildman–Crippen LogP) is 7.59. The van der Waals surface area contributed by atoms with Crippen molar-refractivity contribution in [2.24, 2.45) is 0 Å². The third-order valence-electron chi connectivity index (χ3n) is 7.43. The Bertz CT molecular complexity index is 711. The fourth-order valence-electron chi connectivity index (χ4n) is 6.75. The van der Waals surface area contributed by atoms with Gasteiger partial charge in [0.2, 0.25) is 0 Å². The fourth-order valence-corrected chi connectivity index (χ4v) is 17.6. The molecule has 1 aromatic heterocycles. The van der Waals surface area contributed by atoms with Gasteiger partial charge >= 0.3 is 149 Å². The number of rotatable bonds is 7. The molecule has 0 atom stereocenters. The van der Waals surface area contributed by atoms with E-state index in [1.165, 1.54) is 0 Å². The van der Waals surface area contributed by atoms with Crippen LogP contribution in [-0.2, 0) is 4.74 Å². The predicted molar refractivity (Wildman–Crippen MR) is 136 cm³/mol. The molecule has 0 saturated carbocycles. The molecule has 0 amide bonds. The minimum Gasteiger partial charge on any atom is -0.265 e. The Labute approximate surface area is 185 Å². The van der Waals surface area contributed by atoms with Gasteiger partial charge in [0.15, 0.2) is 0 Å². The molecule has 1 aromatic rings. The van der Waals surface area contributed by atoms with E-state index in [1.807, 2.05) is 18.2 Å². The minimum absolute atomic E-state index is 0.199. The molecule has 0 spiro atoms. The SMILES string of the molecule is CC(C)OC1(P(C(C)C)(C(C)C)(C(C)C)C2C=CC=C2)C=CC=C1.c1ccncc1. The maximum absolute atomic E-state index is 6.88. The monoisotopic (exact) mass is 427 g/mol. The zero-order valence-corrected chi connectivity index (χ0v) is 21.1. The van der Waals surface area contributed by atoms with E-state index in [-0.39, 0.29) is 11.4 Å². The number of pyridine rings is 1. The van der Waals surface area contributed by atoms with Gasteiger partial charge in [-0.05, 0) is 12.1 Å². The summed E-state index contributed by atoms with van der Waals surface area (Å²) >= 11 is 0. The number of nitrogens with zero attached hydrogens (tertiary/aromatic N) is 1. The summed E-state index contributed by atoms with van der Waals surface area (Å²) in [6, 6.07) is 5.72. The van der Waals surface area contributed by atoms with Crippen molar-refractivity contribution in [1.29, 1.82) is 0 Å². The number of ether oxygens (including phenoxy) is 1. The molecule has 166 valence electrons. The van der Waals surface area contributed by atoms with Crippen LogP contribution >= 0.6 is 6.60 Å². The standard InChI is InChI=1S/C22H37OP.C5H5N/c1-17(2)23-22(15-11-12-16-22)24(18(3)4,19(5)6,20(7)8)21-13-9-10-14-21;1-2-4-6-5-3-1/h9-21H,1-8H3;1-5H. The van der Waals surface area contributed by atoms with Crippen LogP contribution in [-0.4, -0.2) is 39.1 Å². The van der Waals surface area contributed by atoms with Crippen molar-refractivity contribution in [2.45, 2.75) is 89.5 Å². The number of allylic oxidation sites excluding steroid dienone is 6. The van der Waals surface area contributed by atoms with Gasteiger partial charge in [-0.25, -0.2) is 0 Å². The molecule has 0 saturated heterocycles. The first-order chi connectivity index (χ1) is 14.2. The summed E-state index contributed by atoms with van der Waals surface area (Å²) in [6.07, 6.45) is 22.3. The molecule has 1 heterocycles. The van der Waals surface area contributed by atoms with Gasteiger partial charge in [-0.2, -0.15) is 0 Å². The number of hydrogen-bond acceptors (Lipinski definition) is 2. The van der Waals surface area contributed by atoms with Crippen LogP contribution in [0.15, 0.2) is 79.2 Å². The Kier molecular flexibility index (Phi) is 8.05. The maximum Gasteiger partial charge on any atom is 0.0267 e. The Morgan fingerprint density at radius 3 is 1.47 bits per heavy atom. The van der Waals surface area contributed by atoms with Crippen LogP contribution in [0.4, 0.5) is 0 Å². The molecule has 0 aliphatic heterocycles. The van der Waals surface area contributed by atoms with E-state index in [2.05, 4.69) is 109 Å². The Balaban J connectivity index is 0.000000456. The third kappa shape index (κ3) is 3.57. The van der Waals surface area contributed by atoms with E-state index < -0.39 is 6.60 Å². The van der Waals surface area contributed by atoms with Crippen LogP contribution in [0.5, 0.6) is 0 Å². The summed E-state index contributed by atoms with van der Waals surface area (Å²) in [4.78, 5) is 3.78. The normalized spacial score (nSPS) is 19.0. The molecule has 0 N–H and O–H groups in total. The van der Waals surface area contributed by atoms with Crippen molar-refractivity contribution in [2.75, 3.05) is 0 Å². The van der Waals surface area contributed by atoms with Crippen molar-refractivity contribution in [3.05, 3.63) is 79.2 Å². The van der Waals surface area contributed by atoms with E-state index in [9.17, 15) is 0 Å². The zero-order chi connectivity index (χ0) is 22.4. The second-order valence-corrected chi connectivity index (χ2v) is 16.8. The van der Waals surface area contributed by atoms with Crippen molar-refractivity contribution in [3.63, 3.8) is 0 Å². The molecule has 30 heavy (non-hydrogen) atoms. The molecule has 3 heteroatoms. The van der Waals surface area contributed by atoms with E-state index in [4.69, 9.17) is 4.74 Å². The van der Waals surface area contributed by atoms with Gasteiger partial charge in [-0.3, -0.25) is 4.98 Å². The van der Waals surface area contributed by atoms with E-state index >= 15 is 0 Å². The Morgan fingerprint density at radius 1 is 0.700 bits per heavy atom. The van der Waals surface area contributed by atoms with Crippen LogP contribution in [0, 0.1) is 0 Å². The molecule has 3 rings (SSSR count). The Hall–Kier alpha value is -1.50. The average Bonchev–Trinajstić information content (AvgIpc) is 3.37. The summed E-state index contributed by atoms with van der Waals surface area (Å²) in [5.41, 5.74) is 2.18. The van der Waals surface area contributed by atoms with Gasteiger partial charge in [0.25, 0.3) is 0 Å².